The highest BCUT2D eigenvalue weighted by Gasteiger charge is 2.24. The van der Waals surface area contributed by atoms with E-state index in [4.69, 9.17) is 4.74 Å². The molecule has 1 aliphatic heterocycles. The zero-order valence-electron chi connectivity index (χ0n) is 9.87. The van der Waals surface area contributed by atoms with Crippen LogP contribution in [0.1, 0.15) is 41.9 Å². The third kappa shape index (κ3) is 2.00. The number of aromatic amines is 1. The molecule has 0 unspecified atom stereocenters. The molecule has 0 atom stereocenters. The van der Waals surface area contributed by atoms with Crippen molar-refractivity contribution in [1.82, 2.24) is 4.98 Å². The second-order valence-electron chi connectivity index (χ2n) is 3.74. The molecule has 1 aromatic heterocycles. The molecule has 2 heterocycles. The summed E-state index contributed by atoms with van der Waals surface area (Å²) in [4.78, 5) is 30.2. The topological polar surface area (TPSA) is 71.5 Å². The summed E-state index contributed by atoms with van der Waals surface area (Å²) in [5.41, 5.74) is 2.32. The number of esters is 1. The van der Waals surface area contributed by atoms with Crippen LogP contribution in [0.5, 0.6) is 0 Å². The van der Waals surface area contributed by atoms with Gasteiger partial charge >= 0.3 is 5.97 Å². The fraction of sp³-hybridized carbons (Fsp3) is 0.417. The summed E-state index contributed by atoms with van der Waals surface area (Å²) >= 11 is 0. The van der Waals surface area contributed by atoms with Gasteiger partial charge in [0.05, 0.1) is 18.7 Å². The number of fused-ring (bicyclic) bond motifs is 1. The van der Waals surface area contributed by atoms with Crippen LogP contribution in [-0.2, 0) is 11.3 Å². The molecule has 1 aromatic rings. The third-order valence-electron chi connectivity index (χ3n) is 2.67. The molecule has 0 aliphatic carbocycles. The average Bonchev–Trinajstić information content (AvgIpc) is 2.70. The van der Waals surface area contributed by atoms with E-state index in [1.54, 1.807) is 6.92 Å². The maximum Gasteiger partial charge on any atom is 0.339 e. The van der Waals surface area contributed by atoms with Crippen LogP contribution in [0.15, 0.2) is 15.9 Å². The molecule has 0 bridgehead atoms. The van der Waals surface area contributed by atoms with E-state index in [0.29, 0.717) is 24.4 Å². The predicted octanol–water partition coefficient (Wildman–Crippen LogP) is 1.26. The Hall–Kier alpha value is -1.91. The van der Waals surface area contributed by atoms with Crippen molar-refractivity contribution >= 4 is 11.7 Å². The van der Waals surface area contributed by atoms with E-state index in [2.05, 4.69) is 9.98 Å². The van der Waals surface area contributed by atoms with Gasteiger partial charge in [0.25, 0.3) is 0 Å². The molecule has 0 fully saturated rings. The third-order valence-corrected chi connectivity index (χ3v) is 2.67. The Morgan fingerprint density at radius 1 is 1.53 bits per heavy atom. The number of rotatable bonds is 3. The molecule has 1 N–H and O–H groups in total. The second kappa shape index (κ2) is 4.53. The van der Waals surface area contributed by atoms with E-state index < -0.39 is 5.97 Å². The van der Waals surface area contributed by atoms with Crippen molar-refractivity contribution in [3.63, 3.8) is 0 Å². The summed E-state index contributed by atoms with van der Waals surface area (Å²) in [5, 5.41) is 0. The highest BCUT2D eigenvalue weighted by atomic mass is 16.5. The van der Waals surface area contributed by atoms with Crippen LogP contribution in [0.25, 0.3) is 0 Å². The van der Waals surface area contributed by atoms with Crippen LogP contribution in [0, 0.1) is 0 Å². The van der Waals surface area contributed by atoms with Crippen molar-refractivity contribution in [2.45, 2.75) is 26.8 Å². The smallest absolute Gasteiger partial charge is 0.339 e. The van der Waals surface area contributed by atoms with Gasteiger partial charge in [0.1, 0.15) is 0 Å². The summed E-state index contributed by atoms with van der Waals surface area (Å²) in [6, 6.07) is 1.29. The van der Waals surface area contributed by atoms with Gasteiger partial charge in [-0.15, -0.1) is 0 Å². The number of H-pyrrole nitrogens is 1. The number of aliphatic imine (C=N–C) groups is 1. The quantitative estimate of drug-likeness (QED) is 0.800. The first-order valence-corrected chi connectivity index (χ1v) is 5.64. The van der Waals surface area contributed by atoms with Crippen LogP contribution in [0.2, 0.25) is 0 Å². The molecule has 0 saturated heterocycles. The molecule has 5 nitrogen and oxygen atoms in total. The Bertz CT molecular complexity index is 543. The number of nitrogens with zero attached hydrogens (tertiary/aromatic N) is 1. The maximum atomic E-state index is 11.8. The molecule has 0 amide bonds. The lowest BCUT2D eigenvalue weighted by Gasteiger charge is -2.08. The fourth-order valence-electron chi connectivity index (χ4n) is 1.97. The number of pyridine rings is 1. The largest absolute Gasteiger partial charge is 0.462 e. The van der Waals surface area contributed by atoms with Gasteiger partial charge < -0.3 is 9.72 Å². The number of aromatic nitrogens is 1. The molecule has 90 valence electrons. The van der Waals surface area contributed by atoms with E-state index in [1.165, 1.54) is 6.07 Å². The van der Waals surface area contributed by atoms with E-state index >= 15 is 0 Å². The normalized spacial score (nSPS) is 13.2. The van der Waals surface area contributed by atoms with Gasteiger partial charge in [-0.05, 0) is 13.3 Å². The molecule has 0 saturated carbocycles. The first-order valence-electron chi connectivity index (χ1n) is 5.64. The Morgan fingerprint density at radius 3 is 2.94 bits per heavy atom. The van der Waals surface area contributed by atoms with Gasteiger partial charge in [-0.1, -0.05) is 6.92 Å². The number of carbonyl (C=O) groups excluding carboxylic acids is 1. The van der Waals surface area contributed by atoms with Gasteiger partial charge in [-0.25, -0.2) is 4.79 Å². The number of ether oxygens (including phenoxy) is 1. The second-order valence-corrected chi connectivity index (χ2v) is 3.74. The highest BCUT2D eigenvalue weighted by molar-refractivity contribution is 6.10. The van der Waals surface area contributed by atoms with Gasteiger partial charge in [0.2, 0.25) is 5.56 Å². The summed E-state index contributed by atoms with van der Waals surface area (Å²) in [6.07, 6.45) is 0.728. The van der Waals surface area contributed by atoms with Gasteiger partial charge in [0.15, 0.2) is 0 Å². The highest BCUT2D eigenvalue weighted by Crippen LogP contribution is 2.21. The molecule has 2 rings (SSSR count). The van der Waals surface area contributed by atoms with Crippen LogP contribution >= 0.6 is 0 Å². The molecule has 17 heavy (non-hydrogen) atoms. The zero-order chi connectivity index (χ0) is 12.4. The summed E-state index contributed by atoms with van der Waals surface area (Å²) in [5.74, 6) is -0.460. The lowest BCUT2D eigenvalue weighted by Crippen LogP contribution is -2.18. The average molecular weight is 234 g/mol. The van der Waals surface area contributed by atoms with Crippen LogP contribution in [0.4, 0.5) is 0 Å². The lowest BCUT2D eigenvalue weighted by atomic mass is 10.0. The molecule has 5 heteroatoms. The fourth-order valence-corrected chi connectivity index (χ4v) is 1.97. The SMILES string of the molecule is CCOC(=O)c1cc(=O)[nH]c2c1C(CC)=NC2. The number of hydrogen-bond donors (Lipinski definition) is 1. The van der Waals surface area contributed by atoms with Gasteiger partial charge in [-0.2, -0.15) is 0 Å². The van der Waals surface area contributed by atoms with E-state index in [9.17, 15) is 9.59 Å². The Morgan fingerprint density at radius 2 is 2.29 bits per heavy atom. The zero-order valence-corrected chi connectivity index (χ0v) is 9.87. The Kier molecular flexibility index (Phi) is 3.08. The minimum atomic E-state index is -0.460. The molecular weight excluding hydrogens is 220 g/mol. The van der Waals surface area contributed by atoms with E-state index in [0.717, 1.165) is 17.7 Å². The van der Waals surface area contributed by atoms with E-state index in [1.807, 2.05) is 6.92 Å². The molecule has 0 spiro atoms. The van der Waals surface area contributed by atoms with Crippen molar-refractivity contribution < 1.29 is 9.53 Å². The predicted molar refractivity (Wildman–Crippen MR) is 63.6 cm³/mol. The van der Waals surface area contributed by atoms with Crippen LogP contribution in [0.3, 0.4) is 0 Å². The van der Waals surface area contributed by atoms with Crippen LogP contribution in [-0.4, -0.2) is 23.3 Å². The Labute approximate surface area is 98.5 Å². The number of nitrogens with one attached hydrogen (secondary N) is 1. The number of carbonyl (C=O) groups is 1. The molecule has 1 aliphatic rings. The summed E-state index contributed by atoms with van der Waals surface area (Å²) < 4.78 is 4.95. The minimum Gasteiger partial charge on any atom is -0.462 e. The maximum absolute atomic E-state index is 11.8. The summed E-state index contributed by atoms with van der Waals surface area (Å²) in [7, 11) is 0. The van der Waals surface area contributed by atoms with Crippen molar-refractivity contribution in [3.05, 3.63) is 33.2 Å². The lowest BCUT2D eigenvalue weighted by molar-refractivity contribution is 0.0525. The molecule has 0 aromatic carbocycles. The first-order chi connectivity index (χ1) is 8.17. The first kappa shape index (κ1) is 11.6. The van der Waals surface area contributed by atoms with Crippen molar-refractivity contribution in [2.75, 3.05) is 6.61 Å². The molecule has 0 radical (unpaired) electrons. The van der Waals surface area contributed by atoms with E-state index in [-0.39, 0.29) is 5.56 Å². The van der Waals surface area contributed by atoms with Gasteiger partial charge in [-0.3, -0.25) is 9.79 Å². The van der Waals surface area contributed by atoms with Crippen molar-refractivity contribution in [1.29, 1.82) is 0 Å². The van der Waals surface area contributed by atoms with Crippen molar-refractivity contribution in [2.24, 2.45) is 4.99 Å². The standard InChI is InChI=1S/C12H14N2O3/c1-3-8-11-7(12(16)17-4-2)5-10(15)14-9(11)6-13-8/h5H,3-4,6H2,1-2H3,(H,14,15). The number of hydrogen-bond acceptors (Lipinski definition) is 4. The Balaban J connectivity index is 2.55. The molecular formula is C12H14N2O3. The monoisotopic (exact) mass is 234 g/mol. The van der Waals surface area contributed by atoms with Crippen LogP contribution < -0.4 is 5.56 Å². The van der Waals surface area contributed by atoms with Crippen molar-refractivity contribution in [3.8, 4) is 0 Å². The van der Waals surface area contributed by atoms with Gasteiger partial charge in [0, 0.05) is 23.0 Å². The summed E-state index contributed by atoms with van der Waals surface area (Å²) in [6.45, 7) is 4.42. The minimum absolute atomic E-state index is 0.291.